The maximum absolute atomic E-state index is 12.0. The molecule has 1 aromatic carbocycles. The Balaban J connectivity index is 1.89. The lowest BCUT2D eigenvalue weighted by atomic mass is 10.2. The molecule has 0 radical (unpaired) electrons. The van der Waals surface area contributed by atoms with E-state index in [-0.39, 0.29) is 23.2 Å². The smallest absolute Gasteiger partial charge is 0.287 e. The first-order valence-electron chi connectivity index (χ1n) is 7.54. The first-order chi connectivity index (χ1) is 11.0. The molecular weight excluding hydrogens is 296 g/mol. The molecule has 0 bridgehead atoms. The van der Waals surface area contributed by atoms with Gasteiger partial charge in [0.15, 0.2) is 5.82 Å². The minimum Gasteiger partial charge on any atom is -0.356 e. The van der Waals surface area contributed by atoms with Crippen LogP contribution < -0.4 is 16.2 Å². The number of hydrogen-bond donors (Lipinski definition) is 3. The Bertz CT molecular complexity index is 767. The van der Waals surface area contributed by atoms with E-state index in [1.165, 1.54) is 0 Å². The van der Waals surface area contributed by atoms with Gasteiger partial charge in [0.2, 0.25) is 5.91 Å². The Morgan fingerprint density at radius 1 is 1.17 bits per heavy atom. The van der Waals surface area contributed by atoms with E-state index in [9.17, 15) is 14.4 Å². The van der Waals surface area contributed by atoms with Gasteiger partial charge >= 0.3 is 0 Å². The fraction of sp³-hybridized carbons (Fsp3) is 0.375. The van der Waals surface area contributed by atoms with Gasteiger partial charge in [-0.15, -0.1) is 0 Å². The molecule has 0 spiro atoms. The van der Waals surface area contributed by atoms with Crippen molar-refractivity contribution in [1.82, 2.24) is 20.6 Å². The summed E-state index contributed by atoms with van der Waals surface area (Å²) in [5.41, 5.74) is 0.135. The van der Waals surface area contributed by atoms with Crippen LogP contribution >= 0.6 is 0 Å². The minimum atomic E-state index is -0.442. The van der Waals surface area contributed by atoms with E-state index in [2.05, 4.69) is 20.6 Å². The van der Waals surface area contributed by atoms with Crippen molar-refractivity contribution in [2.45, 2.75) is 20.3 Å². The van der Waals surface area contributed by atoms with Crippen LogP contribution in [-0.4, -0.2) is 34.9 Å². The molecule has 1 heterocycles. The molecule has 2 aromatic rings. The van der Waals surface area contributed by atoms with Crippen LogP contribution in [0, 0.1) is 5.92 Å². The molecular formula is C16H20N4O3. The first-order valence-corrected chi connectivity index (χ1v) is 7.54. The van der Waals surface area contributed by atoms with E-state index in [1.807, 2.05) is 13.8 Å². The second-order valence-corrected chi connectivity index (χ2v) is 5.49. The van der Waals surface area contributed by atoms with E-state index >= 15 is 0 Å². The van der Waals surface area contributed by atoms with Crippen LogP contribution in [0.15, 0.2) is 29.1 Å². The van der Waals surface area contributed by atoms with Crippen molar-refractivity contribution >= 4 is 22.7 Å². The van der Waals surface area contributed by atoms with Gasteiger partial charge in [0.25, 0.3) is 11.5 Å². The molecule has 0 aliphatic rings. The van der Waals surface area contributed by atoms with E-state index in [0.29, 0.717) is 30.4 Å². The van der Waals surface area contributed by atoms with Crippen LogP contribution in [0.3, 0.4) is 0 Å². The summed E-state index contributed by atoms with van der Waals surface area (Å²) in [5.74, 6) is -0.531. The normalized spacial score (nSPS) is 10.7. The molecule has 0 saturated carbocycles. The largest absolute Gasteiger partial charge is 0.356 e. The van der Waals surface area contributed by atoms with E-state index in [0.717, 1.165) is 0 Å². The van der Waals surface area contributed by atoms with Crippen LogP contribution in [0.2, 0.25) is 0 Å². The van der Waals surface area contributed by atoms with Gasteiger partial charge in [-0.3, -0.25) is 14.4 Å². The third-order valence-electron chi connectivity index (χ3n) is 3.29. The highest BCUT2D eigenvalue weighted by Crippen LogP contribution is 2.05. The van der Waals surface area contributed by atoms with Gasteiger partial charge in [-0.05, 0) is 18.6 Å². The molecule has 2 amide bonds. The molecule has 23 heavy (non-hydrogen) atoms. The molecule has 2 rings (SSSR count). The molecule has 1 aromatic heterocycles. The summed E-state index contributed by atoms with van der Waals surface area (Å²) < 4.78 is 0. The SMILES string of the molecule is CC(C)C(=O)NCCCNC(=O)c1nc2ccccc2c(=O)[nH]1. The third-order valence-corrected chi connectivity index (χ3v) is 3.29. The molecule has 7 nitrogen and oxygen atoms in total. The van der Waals surface area contributed by atoms with Gasteiger partial charge in [0.05, 0.1) is 10.9 Å². The maximum atomic E-state index is 12.0. The summed E-state index contributed by atoms with van der Waals surface area (Å²) in [5, 5.41) is 5.88. The highest BCUT2D eigenvalue weighted by atomic mass is 16.2. The number of aromatic nitrogens is 2. The Kier molecular flexibility index (Phi) is 5.46. The zero-order valence-electron chi connectivity index (χ0n) is 13.2. The molecule has 0 aliphatic heterocycles. The van der Waals surface area contributed by atoms with Crippen molar-refractivity contribution in [3.8, 4) is 0 Å². The van der Waals surface area contributed by atoms with Crippen molar-refractivity contribution in [1.29, 1.82) is 0 Å². The standard InChI is InChI=1S/C16H20N4O3/c1-10(2)14(21)17-8-5-9-18-16(23)13-19-12-7-4-3-6-11(12)15(22)20-13/h3-4,6-7,10H,5,8-9H2,1-2H3,(H,17,21)(H,18,23)(H,19,20,22). The summed E-state index contributed by atoms with van der Waals surface area (Å²) >= 11 is 0. The van der Waals surface area contributed by atoms with Crippen molar-refractivity contribution < 1.29 is 9.59 Å². The predicted octanol–water partition coefficient (Wildman–Crippen LogP) is 0.815. The lowest BCUT2D eigenvalue weighted by Crippen LogP contribution is -2.33. The minimum absolute atomic E-state index is 0.0140. The number of H-pyrrole nitrogens is 1. The summed E-state index contributed by atoms with van der Waals surface area (Å²) in [6.45, 7) is 4.50. The number of rotatable bonds is 6. The summed E-state index contributed by atoms with van der Waals surface area (Å²) in [4.78, 5) is 41.9. The number of para-hydroxylation sites is 1. The number of carbonyl (C=O) groups is 2. The predicted molar refractivity (Wildman–Crippen MR) is 87.2 cm³/mol. The molecule has 0 fully saturated rings. The quantitative estimate of drug-likeness (QED) is 0.686. The van der Waals surface area contributed by atoms with Gasteiger partial charge in [0.1, 0.15) is 0 Å². The Morgan fingerprint density at radius 2 is 1.87 bits per heavy atom. The molecule has 7 heteroatoms. The molecule has 122 valence electrons. The number of nitrogens with one attached hydrogen (secondary N) is 3. The van der Waals surface area contributed by atoms with Gasteiger partial charge in [0, 0.05) is 19.0 Å². The fourth-order valence-electron chi connectivity index (χ4n) is 1.98. The number of benzene rings is 1. The summed E-state index contributed by atoms with van der Waals surface area (Å²) in [6.07, 6.45) is 0.599. The zero-order chi connectivity index (χ0) is 16.8. The van der Waals surface area contributed by atoms with Crippen LogP contribution in [0.5, 0.6) is 0 Å². The lowest BCUT2D eigenvalue weighted by molar-refractivity contribution is -0.123. The Labute approximate surface area is 133 Å². The molecule has 0 saturated heterocycles. The van der Waals surface area contributed by atoms with Gasteiger partial charge < -0.3 is 15.6 Å². The van der Waals surface area contributed by atoms with E-state index < -0.39 is 5.91 Å². The van der Waals surface area contributed by atoms with Crippen molar-refractivity contribution in [2.24, 2.45) is 5.92 Å². The van der Waals surface area contributed by atoms with Crippen molar-refractivity contribution in [3.63, 3.8) is 0 Å². The molecule has 0 aliphatic carbocycles. The average Bonchev–Trinajstić information content (AvgIpc) is 2.54. The third kappa shape index (κ3) is 4.38. The van der Waals surface area contributed by atoms with Crippen molar-refractivity contribution in [2.75, 3.05) is 13.1 Å². The second kappa shape index (κ2) is 7.53. The van der Waals surface area contributed by atoms with Crippen LogP contribution in [0.25, 0.3) is 10.9 Å². The zero-order valence-corrected chi connectivity index (χ0v) is 13.2. The Morgan fingerprint density at radius 3 is 2.61 bits per heavy atom. The molecule has 0 atom stereocenters. The van der Waals surface area contributed by atoms with Crippen LogP contribution in [0.4, 0.5) is 0 Å². The van der Waals surface area contributed by atoms with E-state index in [4.69, 9.17) is 0 Å². The number of fused-ring (bicyclic) bond motifs is 1. The number of amides is 2. The Hall–Kier alpha value is -2.70. The number of aromatic amines is 1. The molecule has 0 unspecified atom stereocenters. The topological polar surface area (TPSA) is 104 Å². The second-order valence-electron chi connectivity index (χ2n) is 5.49. The van der Waals surface area contributed by atoms with Crippen LogP contribution in [0.1, 0.15) is 30.9 Å². The first kappa shape index (κ1) is 16.7. The fourth-order valence-corrected chi connectivity index (χ4v) is 1.98. The number of carbonyl (C=O) groups excluding carboxylic acids is 2. The monoisotopic (exact) mass is 316 g/mol. The van der Waals surface area contributed by atoms with Gasteiger partial charge in [-0.25, -0.2) is 4.98 Å². The highest BCUT2D eigenvalue weighted by Gasteiger charge is 2.11. The van der Waals surface area contributed by atoms with Crippen molar-refractivity contribution in [3.05, 3.63) is 40.4 Å². The summed E-state index contributed by atoms with van der Waals surface area (Å²) in [6, 6.07) is 6.83. The van der Waals surface area contributed by atoms with Gasteiger partial charge in [-0.2, -0.15) is 0 Å². The lowest BCUT2D eigenvalue weighted by Gasteiger charge is -2.08. The maximum Gasteiger partial charge on any atom is 0.287 e. The number of hydrogen-bond acceptors (Lipinski definition) is 4. The number of nitrogens with zero attached hydrogens (tertiary/aromatic N) is 1. The van der Waals surface area contributed by atoms with Gasteiger partial charge in [-0.1, -0.05) is 26.0 Å². The molecule has 3 N–H and O–H groups in total. The van der Waals surface area contributed by atoms with E-state index in [1.54, 1.807) is 24.3 Å². The van der Waals surface area contributed by atoms with Crippen LogP contribution in [-0.2, 0) is 4.79 Å². The summed E-state index contributed by atoms with van der Waals surface area (Å²) in [7, 11) is 0. The average molecular weight is 316 g/mol. The highest BCUT2D eigenvalue weighted by molar-refractivity contribution is 5.92.